The van der Waals surface area contributed by atoms with Gasteiger partial charge in [0.25, 0.3) is 0 Å². The summed E-state index contributed by atoms with van der Waals surface area (Å²) in [7, 11) is 0. The summed E-state index contributed by atoms with van der Waals surface area (Å²) in [4.78, 5) is 5.07. The molecule has 1 aliphatic heterocycles. The number of nitrogens with zero attached hydrogens (tertiary/aromatic N) is 1. The lowest BCUT2D eigenvalue weighted by Gasteiger charge is -2.23. The van der Waals surface area contributed by atoms with Crippen molar-refractivity contribution in [2.24, 2.45) is 4.99 Å². The Morgan fingerprint density at radius 3 is 2.64 bits per heavy atom. The first-order chi connectivity index (χ1) is 13.8. The maximum Gasteiger partial charge on any atom is 0.129 e. The van der Waals surface area contributed by atoms with Gasteiger partial charge in [-0.1, -0.05) is 73.5 Å². The van der Waals surface area contributed by atoms with E-state index in [1.807, 2.05) is 0 Å². The molecule has 1 fully saturated rings. The molecule has 2 aliphatic rings. The molecule has 1 N–H and O–H groups in total. The minimum Gasteiger partial charge on any atom is -0.365 e. The smallest absolute Gasteiger partial charge is 0.129 e. The minimum atomic E-state index is 0.483. The lowest BCUT2D eigenvalue weighted by Crippen LogP contribution is -2.37. The molecule has 1 saturated carbocycles. The van der Waals surface area contributed by atoms with Crippen LogP contribution in [0.4, 0.5) is 0 Å². The molecule has 0 radical (unpaired) electrons. The summed E-state index contributed by atoms with van der Waals surface area (Å²) in [6.07, 6.45) is 7.25. The van der Waals surface area contributed by atoms with Gasteiger partial charge in [0.05, 0.1) is 6.04 Å². The summed E-state index contributed by atoms with van der Waals surface area (Å²) in [5, 5.41) is 6.47. The molecule has 0 amide bonds. The predicted octanol–water partition coefficient (Wildman–Crippen LogP) is 5.59. The van der Waals surface area contributed by atoms with Gasteiger partial charge in [0, 0.05) is 11.6 Å². The Kier molecular flexibility index (Phi) is 4.64. The summed E-state index contributed by atoms with van der Waals surface area (Å²) in [5.74, 6) is 1.13. The molecular formula is C26H28N2. The topological polar surface area (TPSA) is 24.4 Å². The number of fused-ring (bicyclic) bond motifs is 2. The van der Waals surface area contributed by atoms with Crippen molar-refractivity contribution in [2.75, 3.05) is 0 Å². The van der Waals surface area contributed by atoms with E-state index in [0.29, 0.717) is 12.1 Å². The second kappa shape index (κ2) is 7.43. The number of benzene rings is 3. The van der Waals surface area contributed by atoms with Gasteiger partial charge in [-0.2, -0.15) is 0 Å². The Morgan fingerprint density at radius 1 is 0.893 bits per heavy atom. The van der Waals surface area contributed by atoms with Crippen LogP contribution in [-0.2, 0) is 12.8 Å². The van der Waals surface area contributed by atoms with Crippen molar-refractivity contribution in [1.29, 1.82) is 0 Å². The van der Waals surface area contributed by atoms with E-state index < -0.39 is 0 Å². The summed E-state index contributed by atoms with van der Waals surface area (Å²) >= 11 is 0. The van der Waals surface area contributed by atoms with Crippen LogP contribution in [-0.4, -0.2) is 17.9 Å². The molecule has 0 aromatic heterocycles. The second-order valence-corrected chi connectivity index (χ2v) is 8.32. The largest absolute Gasteiger partial charge is 0.365 e. The van der Waals surface area contributed by atoms with Crippen LogP contribution in [0.5, 0.6) is 0 Å². The van der Waals surface area contributed by atoms with E-state index in [-0.39, 0.29) is 0 Å². The summed E-state index contributed by atoms with van der Waals surface area (Å²) in [6.45, 7) is 2.24. The average Bonchev–Trinajstić information content (AvgIpc) is 3.17. The molecule has 5 rings (SSSR count). The molecule has 2 atom stereocenters. The van der Waals surface area contributed by atoms with E-state index in [4.69, 9.17) is 4.99 Å². The van der Waals surface area contributed by atoms with E-state index in [1.165, 1.54) is 58.7 Å². The maximum atomic E-state index is 5.07. The van der Waals surface area contributed by atoms with E-state index in [0.717, 1.165) is 18.7 Å². The standard InChI is InChI=1S/C26H28N2/c1-18-14-15-19-8-2-4-10-22(19)21(18)17-16-20-9-3-5-11-23(20)26-27-24-12-6-7-13-25(24)28-26/h2-5,8-11,14-15,24-25H,6-7,12-13,16-17H2,1H3,(H,27,28). The van der Waals surface area contributed by atoms with Crippen LogP contribution in [0.1, 0.15) is 47.9 Å². The van der Waals surface area contributed by atoms with Crippen LogP contribution in [0.15, 0.2) is 65.7 Å². The molecule has 3 aromatic carbocycles. The number of nitrogens with one attached hydrogen (secondary N) is 1. The average molecular weight is 369 g/mol. The van der Waals surface area contributed by atoms with Crippen molar-refractivity contribution >= 4 is 16.6 Å². The van der Waals surface area contributed by atoms with Crippen molar-refractivity contribution in [3.05, 3.63) is 82.9 Å². The van der Waals surface area contributed by atoms with Crippen molar-refractivity contribution in [1.82, 2.24) is 5.32 Å². The Bertz CT molecular complexity index is 1030. The van der Waals surface area contributed by atoms with Gasteiger partial charge in [-0.25, -0.2) is 0 Å². The number of amidine groups is 1. The van der Waals surface area contributed by atoms with Gasteiger partial charge in [-0.05, 0) is 60.1 Å². The Balaban J connectivity index is 1.43. The third kappa shape index (κ3) is 3.22. The lowest BCUT2D eigenvalue weighted by molar-refractivity contribution is 0.385. The van der Waals surface area contributed by atoms with Crippen molar-refractivity contribution < 1.29 is 0 Å². The second-order valence-electron chi connectivity index (χ2n) is 8.32. The van der Waals surface area contributed by atoms with Gasteiger partial charge in [-0.3, -0.25) is 4.99 Å². The van der Waals surface area contributed by atoms with Crippen LogP contribution >= 0.6 is 0 Å². The number of rotatable bonds is 4. The number of aryl methyl sites for hydroxylation is 3. The normalized spacial score (nSPS) is 21.2. The van der Waals surface area contributed by atoms with Crippen LogP contribution in [0, 0.1) is 6.92 Å². The Morgan fingerprint density at radius 2 is 1.71 bits per heavy atom. The molecule has 1 heterocycles. The van der Waals surface area contributed by atoms with Gasteiger partial charge in [0.1, 0.15) is 5.84 Å². The van der Waals surface area contributed by atoms with E-state index in [1.54, 1.807) is 0 Å². The van der Waals surface area contributed by atoms with Crippen molar-refractivity contribution in [3.8, 4) is 0 Å². The molecule has 0 bridgehead atoms. The van der Waals surface area contributed by atoms with Crippen LogP contribution in [0.3, 0.4) is 0 Å². The predicted molar refractivity (Wildman–Crippen MR) is 118 cm³/mol. The fourth-order valence-corrected chi connectivity index (χ4v) is 4.97. The van der Waals surface area contributed by atoms with Gasteiger partial charge < -0.3 is 5.32 Å². The first kappa shape index (κ1) is 17.5. The first-order valence-electron chi connectivity index (χ1n) is 10.7. The number of hydrogen-bond donors (Lipinski definition) is 1. The molecule has 142 valence electrons. The van der Waals surface area contributed by atoms with Crippen LogP contribution in [0.2, 0.25) is 0 Å². The fourth-order valence-electron chi connectivity index (χ4n) is 4.97. The molecule has 0 spiro atoms. The summed E-state index contributed by atoms with van der Waals surface area (Å²) < 4.78 is 0. The lowest BCUT2D eigenvalue weighted by atomic mass is 9.92. The first-order valence-corrected chi connectivity index (χ1v) is 10.7. The zero-order valence-electron chi connectivity index (χ0n) is 16.6. The highest BCUT2D eigenvalue weighted by molar-refractivity contribution is 6.01. The molecule has 3 aromatic rings. The highest BCUT2D eigenvalue weighted by Gasteiger charge is 2.31. The molecule has 2 nitrogen and oxygen atoms in total. The maximum absolute atomic E-state index is 5.07. The minimum absolute atomic E-state index is 0.483. The van der Waals surface area contributed by atoms with Crippen LogP contribution < -0.4 is 5.32 Å². The highest BCUT2D eigenvalue weighted by Crippen LogP contribution is 2.28. The quantitative estimate of drug-likeness (QED) is 0.637. The van der Waals surface area contributed by atoms with E-state index >= 15 is 0 Å². The van der Waals surface area contributed by atoms with Crippen molar-refractivity contribution in [2.45, 2.75) is 57.5 Å². The molecular weight excluding hydrogens is 340 g/mol. The fraction of sp³-hybridized carbons (Fsp3) is 0.346. The highest BCUT2D eigenvalue weighted by atomic mass is 15.1. The summed E-state index contributed by atoms with van der Waals surface area (Å²) in [5.41, 5.74) is 5.57. The van der Waals surface area contributed by atoms with E-state index in [2.05, 4.69) is 72.9 Å². The Hall–Kier alpha value is -2.61. The van der Waals surface area contributed by atoms with Gasteiger partial charge in [0.15, 0.2) is 0 Å². The molecule has 2 heteroatoms. The van der Waals surface area contributed by atoms with Gasteiger partial charge in [-0.15, -0.1) is 0 Å². The monoisotopic (exact) mass is 368 g/mol. The molecule has 2 unspecified atom stereocenters. The zero-order valence-corrected chi connectivity index (χ0v) is 16.6. The molecule has 0 saturated heterocycles. The van der Waals surface area contributed by atoms with Crippen molar-refractivity contribution in [3.63, 3.8) is 0 Å². The third-order valence-corrected chi connectivity index (χ3v) is 6.54. The van der Waals surface area contributed by atoms with E-state index in [9.17, 15) is 0 Å². The van der Waals surface area contributed by atoms with Gasteiger partial charge in [0.2, 0.25) is 0 Å². The Labute approximate surface area is 167 Å². The SMILES string of the molecule is Cc1ccc2ccccc2c1CCc1ccccc1C1=NC2CCCCC2N1. The summed E-state index contributed by atoms with van der Waals surface area (Å²) in [6, 6.07) is 23.1. The molecule has 1 aliphatic carbocycles. The van der Waals surface area contributed by atoms with Gasteiger partial charge >= 0.3 is 0 Å². The zero-order chi connectivity index (χ0) is 18.9. The number of hydrogen-bond acceptors (Lipinski definition) is 2. The molecule has 28 heavy (non-hydrogen) atoms. The number of aliphatic imine (C=N–C) groups is 1. The third-order valence-electron chi connectivity index (χ3n) is 6.54. The van der Waals surface area contributed by atoms with Crippen LogP contribution in [0.25, 0.3) is 10.8 Å².